The molecule has 188 valence electrons. The van der Waals surface area contributed by atoms with Crippen molar-refractivity contribution in [2.24, 2.45) is 34.5 Å². The fourth-order valence-corrected chi connectivity index (χ4v) is 6.52. The van der Waals surface area contributed by atoms with Crippen molar-refractivity contribution in [1.82, 2.24) is 10.2 Å². The Morgan fingerprint density at radius 1 is 0.909 bits per heavy atom. The van der Waals surface area contributed by atoms with Crippen LogP contribution in [-0.4, -0.2) is 34.7 Å². The highest BCUT2D eigenvalue weighted by molar-refractivity contribution is 6.05. The number of nitrogens with zero attached hydrogens (tertiary/aromatic N) is 1. The van der Waals surface area contributed by atoms with Gasteiger partial charge in [0.05, 0.1) is 11.8 Å². The normalized spacial score (nSPS) is 34.0. The number of carbonyl (C=O) groups is 3. The molecule has 3 rings (SSSR count). The molecule has 5 nitrogen and oxygen atoms in total. The molecule has 5 heteroatoms. The van der Waals surface area contributed by atoms with Crippen molar-refractivity contribution in [1.29, 1.82) is 0 Å². The van der Waals surface area contributed by atoms with Crippen LogP contribution in [0.3, 0.4) is 0 Å². The summed E-state index contributed by atoms with van der Waals surface area (Å²) in [7, 11) is 0. The summed E-state index contributed by atoms with van der Waals surface area (Å²) < 4.78 is 0. The lowest BCUT2D eigenvalue weighted by Crippen LogP contribution is -2.48. The van der Waals surface area contributed by atoms with Crippen molar-refractivity contribution in [3.8, 4) is 0 Å². The van der Waals surface area contributed by atoms with Crippen molar-refractivity contribution >= 4 is 17.7 Å². The molecule has 33 heavy (non-hydrogen) atoms. The number of hydrogen-bond donors (Lipinski definition) is 1. The Kier molecular flexibility index (Phi) is 7.70. The van der Waals surface area contributed by atoms with Crippen LogP contribution in [-0.2, 0) is 14.4 Å². The predicted molar refractivity (Wildman–Crippen MR) is 132 cm³/mol. The van der Waals surface area contributed by atoms with Gasteiger partial charge >= 0.3 is 0 Å². The molecule has 3 aliphatic rings. The van der Waals surface area contributed by atoms with E-state index >= 15 is 0 Å². The van der Waals surface area contributed by atoms with Crippen LogP contribution < -0.4 is 5.32 Å². The molecular formula is C28H48N2O3. The molecule has 0 aromatic rings. The second kappa shape index (κ2) is 9.70. The van der Waals surface area contributed by atoms with E-state index in [0.29, 0.717) is 49.5 Å². The lowest BCUT2D eigenvalue weighted by Gasteiger charge is -2.32. The third-order valence-corrected chi connectivity index (χ3v) is 8.19. The van der Waals surface area contributed by atoms with Gasteiger partial charge in [-0.2, -0.15) is 0 Å². The number of rotatable bonds is 4. The molecule has 3 fully saturated rings. The Bertz CT molecular complexity index is 719. The van der Waals surface area contributed by atoms with Gasteiger partial charge in [-0.15, -0.1) is 0 Å². The Labute approximate surface area is 201 Å². The maximum atomic E-state index is 13.4. The van der Waals surface area contributed by atoms with Crippen LogP contribution in [0.2, 0.25) is 0 Å². The molecule has 1 aliphatic heterocycles. The molecule has 3 amide bonds. The maximum Gasteiger partial charge on any atom is 0.233 e. The molecule has 1 N–H and O–H groups in total. The molecule has 1 heterocycles. The average Bonchev–Trinajstić information content (AvgIpc) is 2.87. The largest absolute Gasteiger partial charge is 0.351 e. The maximum absolute atomic E-state index is 13.4. The fourth-order valence-electron chi connectivity index (χ4n) is 6.52. The van der Waals surface area contributed by atoms with E-state index in [-0.39, 0.29) is 35.1 Å². The number of nitrogens with one attached hydrogen (secondary N) is 1. The summed E-state index contributed by atoms with van der Waals surface area (Å²) in [4.78, 5) is 41.4. The zero-order valence-corrected chi connectivity index (χ0v) is 22.3. The molecule has 0 bridgehead atoms. The van der Waals surface area contributed by atoms with Gasteiger partial charge < -0.3 is 5.32 Å². The van der Waals surface area contributed by atoms with E-state index in [1.165, 1.54) is 25.7 Å². The summed E-state index contributed by atoms with van der Waals surface area (Å²) in [6.45, 7) is 15.5. The minimum absolute atomic E-state index is 0.0297. The monoisotopic (exact) mass is 460 g/mol. The van der Waals surface area contributed by atoms with Crippen LogP contribution in [0.4, 0.5) is 0 Å². The zero-order valence-electron chi connectivity index (χ0n) is 22.3. The summed E-state index contributed by atoms with van der Waals surface area (Å²) in [5.41, 5.74) is -0.475. The first-order valence-corrected chi connectivity index (χ1v) is 13.4. The van der Waals surface area contributed by atoms with E-state index in [9.17, 15) is 14.4 Å². The van der Waals surface area contributed by atoms with E-state index in [2.05, 4.69) is 26.1 Å². The Morgan fingerprint density at radius 2 is 1.42 bits per heavy atom. The van der Waals surface area contributed by atoms with Gasteiger partial charge in [0.2, 0.25) is 17.7 Å². The first-order valence-electron chi connectivity index (χ1n) is 13.4. The number of fused-ring (bicyclic) bond motifs is 1. The number of amides is 3. The second-order valence-corrected chi connectivity index (χ2v) is 13.9. The molecule has 0 spiro atoms. The summed E-state index contributed by atoms with van der Waals surface area (Å²) in [6, 6.07) is 0. The van der Waals surface area contributed by atoms with Crippen LogP contribution in [0.25, 0.3) is 0 Å². The lowest BCUT2D eigenvalue weighted by molar-refractivity contribution is -0.142. The SMILES string of the molecule is CC(C)(C)CC1CCCCC(CN2C(=O)C3CCC(C)(C(=O)NC(C)(C)C)CCC3C2=O)C1. The minimum Gasteiger partial charge on any atom is -0.351 e. The van der Waals surface area contributed by atoms with Crippen LogP contribution in [0.5, 0.6) is 0 Å². The van der Waals surface area contributed by atoms with Gasteiger partial charge in [0.1, 0.15) is 0 Å². The summed E-state index contributed by atoms with van der Waals surface area (Å²) in [5.74, 6) is 0.755. The van der Waals surface area contributed by atoms with Crippen LogP contribution in [0.1, 0.15) is 113 Å². The third kappa shape index (κ3) is 6.60. The predicted octanol–water partition coefficient (Wildman–Crippen LogP) is 5.72. The van der Waals surface area contributed by atoms with Crippen LogP contribution >= 0.6 is 0 Å². The zero-order chi connectivity index (χ0) is 24.6. The molecular weight excluding hydrogens is 412 g/mol. The smallest absolute Gasteiger partial charge is 0.233 e. The lowest BCUT2D eigenvalue weighted by atomic mass is 9.79. The first-order chi connectivity index (χ1) is 15.2. The van der Waals surface area contributed by atoms with Gasteiger partial charge in [0, 0.05) is 17.5 Å². The van der Waals surface area contributed by atoms with Gasteiger partial charge in [-0.05, 0) is 83.0 Å². The molecule has 2 saturated carbocycles. The van der Waals surface area contributed by atoms with Crippen molar-refractivity contribution in [3.05, 3.63) is 0 Å². The number of likely N-dealkylation sites (tertiary alicyclic amines) is 1. The fraction of sp³-hybridized carbons (Fsp3) is 0.893. The van der Waals surface area contributed by atoms with Crippen molar-refractivity contribution in [2.75, 3.05) is 6.54 Å². The first kappa shape index (κ1) is 26.2. The Hall–Kier alpha value is -1.39. The van der Waals surface area contributed by atoms with Gasteiger partial charge in [-0.1, -0.05) is 47.0 Å². The number of carbonyl (C=O) groups excluding carboxylic acids is 3. The van der Waals surface area contributed by atoms with E-state index in [1.54, 1.807) is 4.90 Å². The average molecular weight is 461 g/mol. The van der Waals surface area contributed by atoms with Gasteiger partial charge in [0.25, 0.3) is 0 Å². The van der Waals surface area contributed by atoms with Crippen molar-refractivity contribution in [3.63, 3.8) is 0 Å². The molecule has 0 aromatic carbocycles. The molecule has 1 saturated heterocycles. The molecule has 0 radical (unpaired) electrons. The Morgan fingerprint density at radius 3 is 1.91 bits per heavy atom. The molecule has 2 aliphatic carbocycles. The molecule has 0 aromatic heterocycles. The van der Waals surface area contributed by atoms with Gasteiger partial charge in [0.15, 0.2) is 0 Å². The highest BCUT2D eigenvalue weighted by Gasteiger charge is 2.51. The minimum atomic E-state index is -0.509. The van der Waals surface area contributed by atoms with E-state index < -0.39 is 5.41 Å². The quantitative estimate of drug-likeness (QED) is 0.431. The van der Waals surface area contributed by atoms with Gasteiger partial charge in [-0.3, -0.25) is 19.3 Å². The van der Waals surface area contributed by atoms with Crippen molar-refractivity contribution in [2.45, 2.75) is 118 Å². The summed E-state index contributed by atoms with van der Waals surface area (Å²) in [5, 5.41) is 3.12. The van der Waals surface area contributed by atoms with E-state index in [0.717, 1.165) is 12.8 Å². The van der Waals surface area contributed by atoms with Crippen molar-refractivity contribution < 1.29 is 14.4 Å². The number of imide groups is 1. The highest BCUT2D eigenvalue weighted by Crippen LogP contribution is 2.45. The molecule has 4 atom stereocenters. The Balaban J connectivity index is 1.64. The third-order valence-electron chi connectivity index (χ3n) is 8.19. The summed E-state index contributed by atoms with van der Waals surface area (Å²) in [6.07, 6.45) is 9.82. The second-order valence-electron chi connectivity index (χ2n) is 13.9. The molecule has 4 unspecified atom stereocenters. The van der Waals surface area contributed by atoms with Gasteiger partial charge in [-0.25, -0.2) is 0 Å². The highest BCUT2D eigenvalue weighted by atomic mass is 16.2. The van der Waals surface area contributed by atoms with E-state index in [1.807, 2.05) is 27.7 Å². The number of hydrogen-bond acceptors (Lipinski definition) is 3. The van der Waals surface area contributed by atoms with E-state index in [4.69, 9.17) is 0 Å². The van der Waals surface area contributed by atoms with Crippen LogP contribution in [0, 0.1) is 34.5 Å². The standard InChI is InChI=1S/C28H48N2O3/c1-26(2,3)17-19-10-8-9-11-20(16-19)18-30-23(31)21-12-14-28(7,15-13-22(21)24(30)32)25(33)29-27(4,5)6/h19-22H,8-18H2,1-7H3,(H,29,33). The van der Waals surface area contributed by atoms with Crippen LogP contribution in [0.15, 0.2) is 0 Å². The topological polar surface area (TPSA) is 66.5 Å². The summed E-state index contributed by atoms with van der Waals surface area (Å²) >= 11 is 0.